The van der Waals surface area contributed by atoms with Crippen LogP contribution in [-0.4, -0.2) is 45.0 Å². The summed E-state index contributed by atoms with van der Waals surface area (Å²) in [5.41, 5.74) is 2.13. The molecular formula is C20H22ClN5O2S. The summed E-state index contributed by atoms with van der Waals surface area (Å²) < 4.78 is 0. The Morgan fingerprint density at radius 1 is 1.41 bits per heavy atom. The Hall–Kier alpha value is -2.45. The van der Waals surface area contributed by atoms with Crippen LogP contribution in [0.25, 0.3) is 10.9 Å². The van der Waals surface area contributed by atoms with E-state index in [9.17, 15) is 9.59 Å². The van der Waals surface area contributed by atoms with Crippen molar-refractivity contribution in [3.05, 3.63) is 40.0 Å². The van der Waals surface area contributed by atoms with E-state index in [0.717, 1.165) is 21.5 Å². The number of hydrogen-bond donors (Lipinski definition) is 2. The Kier molecular flexibility index (Phi) is 5.56. The smallest absolute Gasteiger partial charge is 0.231 e. The zero-order valence-electron chi connectivity index (χ0n) is 16.2. The summed E-state index contributed by atoms with van der Waals surface area (Å²) in [5.74, 6) is -0.276. The minimum Gasteiger partial charge on any atom is -0.361 e. The zero-order valence-corrected chi connectivity index (χ0v) is 17.8. The van der Waals surface area contributed by atoms with E-state index in [-0.39, 0.29) is 30.1 Å². The first-order chi connectivity index (χ1) is 13.9. The maximum Gasteiger partial charge on any atom is 0.231 e. The maximum absolute atomic E-state index is 12.6. The third-order valence-corrected chi connectivity index (χ3v) is 6.50. The number of nitrogens with zero attached hydrogens (tertiary/aromatic N) is 3. The van der Waals surface area contributed by atoms with Gasteiger partial charge < -0.3 is 15.2 Å². The summed E-state index contributed by atoms with van der Waals surface area (Å²) in [7, 11) is 0. The second kappa shape index (κ2) is 8.12. The topological polar surface area (TPSA) is 91.0 Å². The van der Waals surface area contributed by atoms with Crippen molar-refractivity contribution in [3.63, 3.8) is 0 Å². The first-order valence-corrected chi connectivity index (χ1v) is 10.8. The van der Waals surface area contributed by atoms with Crippen LogP contribution < -0.4 is 5.32 Å². The van der Waals surface area contributed by atoms with Gasteiger partial charge in [0.2, 0.25) is 16.9 Å². The fourth-order valence-electron chi connectivity index (χ4n) is 3.50. The molecule has 0 aliphatic carbocycles. The third kappa shape index (κ3) is 4.28. The van der Waals surface area contributed by atoms with Crippen LogP contribution in [0.15, 0.2) is 24.4 Å². The second-order valence-electron chi connectivity index (χ2n) is 7.58. The number of halogens is 1. The molecule has 1 aromatic carbocycles. The van der Waals surface area contributed by atoms with E-state index in [4.69, 9.17) is 11.6 Å². The van der Waals surface area contributed by atoms with Crippen molar-refractivity contribution < 1.29 is 9.59 Å². The summed E-state index contributed by atoms with van der Waals surface area (Å²) in [6.45, 7) is 5.05. The number of rotatable bonds is 6. The lowest BCUT2D eigenvalue weighted by Crippen LogP contribution is -2.30. The molecule has 1 aliphatic heterocycles. The van der Waals surface area contributed by atoms with Crippen LogP contribution in [-0.2, 0) is 16.0 Å². The van der Waals surface area contributed by atoms with Gasteiger partial charge in [-0.25, -0.2) is 0 Å². The van der Waals surface area contributed by atoms with Crippen LogP contribution in [0.4, 0.5) is 5.13 Å². The Morgan fingerprint density at radius 3 is 3.00 bits per heavy atom. The zero-order chi connectivity index (χ0) is 20.5. The molecule has 1 atom stereocenters. The molecule has 0 unspecified atom stereocenters. The van der Waals surface area contributed by atoms with Crippen molar-refractivity contribution in [1.82, 2.24) is 20.1 Å². The number of likely N-dealkylation sites (tertiary alicyclic amines) is 1. The lowest BCUT2D eigenvalue weighted by Gasteiger charge is -2.16. The van der Waals surface area contributed by atoms with Gasteiger partial charge >= 0.3 is 0 Å². The predicted molar refractivity (Wildman–Crippen MR) is 114 cm³/mol. The Morgan fingerprint density at radius 2 is 2.24 bits per heavy atom. The fourth-order valence-corrected chi connectivity index (χ4v) is 4.42. The first kappa shape index (κ1) is 19.8. The number of amides is 2. The number of anilines is 1. The van der Waals surface area contributed by atoms with Crippen molar-refractivity contribution in [2.45, 2.75) is 32.6 Å². The molecule has 1 aliphatic rings. The molecule has 0 saturated carbocycles. The molecule has 152 valence electrons. The number of carbonyl (C=O) groups excluding carboxylic acids is 2. The van der Waals surface area contributed by atoms with Gasteiger partial charge in [-0.15, -0.1) is 10.2 Å². The lowest BCUT2D eigenvalue weighted by atomic mass is 10.1. The number of fused-ring (bicyclic) bond motifs is 1. The van der Waals surface area contributed by atoms with Crippen LogP contribution in [0.1, 0.15) is 36.8 Å². The average molecular weight is 432 g/mol. The maximum atomic E-state index is 12.6. The van der Waals surface area contributed by atoms with Crippen LogP contribution in [0.3, 0.4) is 0 Å². The quantitative estimate of drug-likeness (QED) is 0.620. The van der Waals surface area contributed by atoms with E-state index in [1.54, 1.807) is 4.90 Å². The van der Waals surface area contributed by atoms with Crippen molar-refractivity contribution in [2.24, 2.45) is 5.92 Å². The molecule has 0 spiro atoms. The first-order valence-electron chi connectivity index (χ1n) is 9.58. The molecular weight excluding hydrogens is 410 g/mol. The van der Waals surface area contributed by atoms with Crippen LogP contribution >= 0.6 is 22.9 Å². The number of H-pyrrole nitrogens is 1. The summed E-state index contributed by atoms with van der Waals surface area (Å²) in [4.78, 5) is 29.9. The molecule has 3 aromatic rings. The van der Waals surface area contributed by atoms with Gasteiger partial charge in [-0.05, 0) is 30.2 Å². The van der Waals surface area contributed by atoms with Gasteiger partial charge in [0.15, 0.2) is 0 Å². The Labute approximate surface area is 177 Å². The summed E-state index contributed by atoms with van der Waals surface area (Å²) >= 11 is 7.48. The number of nitrogens with one attached hydrogen (secondary N) is 2. The largest absolute Gasteiger partial charge is 0.361 e. The molecule has 0 bridgehead atoms. The van der Waals surface area contributed by atoms with Gasteiger partial charge in [0.25, 0.3) is 0 Å². The molecule has 29 heavy (non-hydrogen) atoms. The molecule has 1 fully saturated rings. The van der Waals surface area contributed by atoms with Gasteiger partial charge in [0, 0.05) is 47.6 Å². The van der Waals surface area contributed by atoms with E-state index in [2.05, 4.69) is 20.5 Å². The van der Waals surface area contributed by atoms with E-state index in [1.807, 2.05) is 38.2 Å². The molecule has 2 amide bonds. The van der Waals surface area contributed by atoms with Crippen molar-refractivity contribution >= 4 is 50.8 Å². The molecule has 7 nitrogen and oxygen atoms in total. The van der Waals surface area contributed by atoms with Gasteiger partial charge in [-0.3, -0.25) is 9.59 Å². The minimum atomic E-state index is -0.369. The monoisotopic (exact) mass is 431 g/mol. The lowest BCUT2D eigenvalue weighted by molar-refractivity contribution is -0.128. The van der Waals surface area contributed by atoms with Gasteiger partial charge in [-0.1, -0.05) is 36.8 Å². The highest BCUT2D eigenvalue weighted by Crippen LogP contribution is 2.26. The number of aromatic amines is 1. The van der Waals surface area contributed by atoms with E-state index >= 15 is 0 Å². The molecule has 4 rings (SSSR count). The fraction of sp³-hybridized carbons (Fsp3) is 0.400. The van der Waals surface area contributed by atoms with Gasteiger partial charge in [-0.2, -0.15) is 0 Å². The number of aromatic nitrogens is 3. The molecule has 1 saturated heterocycles. The van der Waals surface area contributed by atoms with Crippen LogP contribution in [0.2, 0.25) is 5.02 Å². The molecule has 9 heteroatoms. The highest BCUT2D eigenvalue weighted by atomic mass is 35.5. The normalized spacial score (nSPS) is 16.9. The van der Waals surface area contributed by atoms with Gasteiger partial charge in [0.05, 0.1) is 5.92 Å². The van der Waals surface area contributed by atoms with Crippen molar-refractivity contribution in [3.8, 4) is 0 Å². The summed E-state index contributed by atoms with van der Waals surface area (Å²) in [6, 6.07) is 5.72. The molecule has 2 aromatic heterocycles. The van der Waals surface area contributed by atoms with Crippen LogP contribution in [0.5, 0.6) is 0 Å². The SMILES string of the molecule is CC(C)c1nnc(NC(=O)[C@@H]2CC(=O)N(CCc3c[nH]c4ccc(Cl)cc34)C2)s1. The highest BCUT2D eigenvalue weighted by Gasteiger charge is 2.34. The second-order valence-corrected chi connectivity index (χ2v) is 9.03. The molecule has 0 radical (unpaired) electrons. The van der Waals surface area contributed by atoms with Crippen molar-refractivity contribution in [2.75, 3.05) is 18.4 Å². The number of benzene rings is 1. The van der Waals surface area contributed by atoms with Crippen molar-refractivity contribution in [1.29, 1.82) is 0 Å². The minimum absolute atomic E-state index is 0.00292. The summed E-state index contributed by atoms with van der Waals surface area (Å²) in [5, 5.41) is 14.0. The molecule has 2 N–H and O–H groups in total. The Balaban J connectivity index is 1.36. The number of hydrogen-bond acceptors (Lipinski definition) is 5. The predicted octanol–water partition coefficient (Wildman–Crippen LogP) is 3.83. The van der Waals surface area contributed by atoms with Gasteiger partial charge in [0.1, 0.15) is 5.01 Å². The number of carbonyl (C=O) groups is 2. The average Bonchev–Trinajstić information content (AvgIpc) is 3.39. The van der Waals surface area contributed by atoms with E-state index in [0.29, 0.717) is 29.7 Å². The molecule has 3 heterocycles. The highest BCUT2D eigenvalue weighted by molar-refractivity contribution is 7.15. The standard InChI is InChI=1S/C20H22ClN5O2S/c1-11(2)19-24-25-20(29-19)23-18(28)13-7-17(27)26(10-13)6-5-12-9-22-16-4-3-14(21)8-15(12)16/h3-4,8-9,11,13,22H,5-7,10H2,1-2H3,(H,23,25,28)/t13-/m1/s1. The van der Waals surface area contributed by atoms with E-state index < -0.39 is 0 Å². The third-order valence-electron chi connectivity index (χ3n) is 5.13. The summed E-state index contributed by atoms with van der Waals surface area (Å²) in [6.07, 6.45) is 2.88. The van der Waals surface area contributed by atoms with Crippen LogP contribution in [0, 0.1) is 5.92 Å². The Bertz CT molecular complexity index is 1060. The van der Waals surface area contributed by atoms with E-state index in [1.165, 1.54) is 11.3 Å².